The molecule has 3 aromatic carbocycles. The molecule has 0 aliphatic rings. The van der Waals surface area contributed by atoms with Crippen molar-refractivity contribution in [2.24, 2.45) is 0 Å². The van der Waals surface area contributed by atoms with Crippen LogP contribution in [0.1, 0.15) is 44.4 Å². The summed E-state index contributed by atoms with van der Waals surface area (Å²) in [7, 11) is 0. The van der Waals surface area contributed by atoms with Gasteiger partial charge >= 0.3 is 0 Å². The van der Waals surface area contributed by atoms with E-state index in [9.17, 15) is 5.11 Å². The Morgan fingerprint density at radius 3 is 1.52 bits per heavy atom. The van der Waals surface area contributed by atoms with Crippen LogP contribution in [-0.4, -0.2) is 30.4 Å². The summed E-state index contributed by atoms with van der Waals surface area (Å²) < 4.78 is 6.16. The standard InChI is InChI=1S/C29H38N2O2/c1-18(2)30-25-12-8-23(9-13-25)27-20(5)21(6)28(29(22(27)7)33-17-16-32)24-10-14-26(15-11-24)31-19(3)4/h8-15,18-19,30-32H,16-17H2,1-7H3. The minimum atomic E-state index is -0.0199. The van der Waals surface area contributed by atoms with E-state index in [1.807, 2.05) is 0 Å². The smallest absolute Gasteiger partial charge is 0.131 e. The Balaban J connectivity index is 2.12. The van der Waals surface area contributed by atoms with Crippen LogP contribution in [0.15, 0.2) is 48.5 Å². The predicted molar refractivity (Wildman–Crippen MR) is 142 cm³/mol. The molecule has 0 saturated carbocycles. The van der Waals surface area contributed by atoms with Crippen molar-refractivity contribution in [1.82, 2.24) is 0 Å². The lowest BCUT2D eigenvalue weighted by atomic mass is 9.86. The zero-order valence-electron chi connectivity index (χ0n) is 21.0. The molecule has 176 valence electrons. The van der Waals surface area contributed by atoms with E-state index in [0.29, 0.717) is 12.1 Å². The fourth-order valence-electron chi connectivity index (χ4n) is 4.37. The molecule has 0 amide bonds. The van der Waals surface area contributed by atoms with Crippen molar-refractivity contribution in [3.8, 4) is 28.0 Å². The Morgan fingerprint density at radius 1 is 0.667 bits per heavy atom. The summed E-state index contributed by atoms with van der Waals surface area (Å²) in [6, 6.07) is 17.9. The fourth-order valence-corrected chi connectivity index (χ4v) is 4.37. The van der Waals surface area contributed by atoms with Crippen LogP contribution in [0.4, 0.5) is 11.4 Å². The van der Waals surface area contributed by atoms with Crippen molar-refractivity contribution in [2.75, 3.05) is 23.8 Å². The number of hydrogen-bond donors (Lipinski definition) is 3. The second-order valence-electron chi connectivity index (χ2n) is 9.28. The first-order chi connectivity index (χ1) is 15.7. The summed E-state index contributed by atoms with van der Waals surface area (Å²) in [5.41, 5.74) is 10.3. The highest BCUT2D eigenvalue weighted by Crippen LogP contribution is 2.44. The molecule has 0 atom stereocenters. The van der Waals surface area contributed by atoms with Gasteiger partial charge in [0.1, 0.15) is 12.4 Å². The topological polar surface area (TPSA) is 53.5 Å². The highest BCUT2D eigenvalue weighted by Gasteiger charge is 2.21. The normalized spacial score (nSPS) is 11.2. The number of nitrogens with one attached hydrogen (secondary N) is 2. The molecule has 0 heterocycles. The van der Waals surface area contributed by atoms with Crippen molar-refractivity contribution in [3.05, 3.63) is 65.2 Å². The van der Waals surface area contributed by atoms with Crippen molar-refractivity contribution in [2.45, 2.75) is 60.5 Å². The summed E-state index contributed by atoms with van der Waals surface area (Å²) in [5, 5.41) is 16.4. The second-order valence-corrected chi connectivity index (χ2v) is 9.28. The van der Waals surface area contributed by atoms with Gasteiger partial charge in [-0.25, -0.2) is 0 Å². The molecular formula is C29H38N2O2. The van der Waals surface area contributed by atoms with E-state index >= 15 is 0 Å². The monoisotopic (exact) mass is 446 g/mol. The molecule has 0 fully saturated rings. The number of rotatable bonds is 9. The Hall–Kier alpha value is -2.98. The lowest BCUT2D eigenvalue weighted by molar-refractivity contribution is 0.201. The third kappa shape index (κ3) is 5.69. The van der Waals surface area contributed by atoms with Gasteiger partial charge in [-0.2, -0.15) is 0 Å². The van der Waals surface area contributed by atoms with Crippen LogP contribution >= 0.6 is 0 Å². The summed E-state index contributed by atoms with van der Waals surface area (Å²) in [5.74, 6) is 0.844. The highest BCUT2D eigenvalue weighted by atomic mass is 16.5. The molecule has 0 aromatic heterocycles. The maximum atomic E-state index is 9.47. The number of hydrogen-bond acceptors (Lipinski definition) is 4. The predicted octanol–water partition coefficient (Wildman–Crippen LogP) is 6.96. The van der Waals surface area contributed by atoms with Gasteiger partial charge in [-0.1, -0.05) is 24.3 Å². The molecule has 33 heavy (non-hydrogen) atoms. The second kappa shape index (κ2) is 10.8. The van der Waals surface area contributed by atoms with E-state index in [1.165, 1.54) is 22.3 Å². The Morgan fingerprint density at radius 2 is 1.09 bits per heavy atom. The molecule has 0 bridgehead atoms. The molecule has 3 N–H and O–H groups in total. The summed E-state index contributed by atoms with van der Waals surface area (Å²) >= 11 is 0. The number of anilines is 2. The van der Waals surface area contributed by atoms with E-state index in [-0.39, 0.29) is 13.2 Å². The quantitative estimate of drug-likeness (QED) is 0.333. The SMILES string of the molecule is Cc1c(C)c(-c2ccc(NC(C)C)cc2)c(OCCO)c(C)c1-c1ccc(NC(C)C)cc1. The van der Waals surface area contributed by atoms with Crippen LogP contribution in [-0.2, 0) is 0 Å². The van der Waals surface area contributed by atoms with E-state index in [2.05, 4.69) is 108 Å². The molecule has 0 saturated heterocycles. The molecule has 4 nitrogen and oxygen atoms in total. The van der Waals surface area contributed by atoms with Crippen LogP contribution in [0, 0.1) is 20.8 Å². The largest absolute Gasteiger partial charge is 0.490 e. The number of benzene rings is 3. The first kappa shape index (κ1) is 24.7. The van der Waals surface area contributed by atoms with E-state index < -0.39 is 0 Å². The lowest BCUT2D eigenvalue weighted by Gasteiger charge is -2.23. The molecule has 3 rings (SSSR count). The molecular weight excluding hydrogens is 408 g/mol. The first-order valence-electron chi connectivity index (χ1n) is 11.8. The Labute approximate surface area is 199 Å². The van der Waals surface area contributed by atoms with Crippen LogP contribution in [0.5, 0.6) is 5.75 Å². The van der Waals surface area contributed by atoms with E-state index in [0.717, 1.165) is 33.8 Å². The lowest BCUT2D eigenvalue weighted by Crippen LogP contribution is -2.10. The maximum Gasteiger partial charge on any atom is 0.131 e. The molecule has 0 spiro atoms. The molecule has 0 aliphatic carbocycles. The van der Waals surface area contributed by atoms with Gasteiger partial charge in [0.25, 0.3) is 0 Å². The average Bonchev–Trinajstić information content (AvgIpc) is 2.76. The number of aliphatic hydroxyl groups excluding tert-OH is 1. The van der Waals surface area contributed by atoms with Gasteiger partial charge in [-0.3, -0.25) is 0 Å². The number of aliphatic hydroxyl groups is 1. The van der Waals surface area contributed by atoms with Crippen LogP contribution in [0.3, 0.4) is 0 Å². The van der Waals surface area contributed by atoms with Gasteiger partial charge in [0, 0.05) is 29.0 Å². The fraction of sp³-hybridized carbons (Fsp3) is 0.379. The maximum absolute atomic E-state index is 9.47. The van der Waals surface area contributed by atoms with Gasteiger partial charge < -0.3 is 20.5 Å². The van der Waals surface area contributed by atoms with Crippen LogP contribution in [0.2, 0.25) is 0 Å². The minimum absolute atomic E-state index is 0.0199. The molecule has 0 unspecified atom stereocenters. The zero-order chi connectivity index (χ0) is 24.1. The molecule has 0 radical (unpaired) electrons. The van der Waals surface area contributed by atoms with Crippen molar-refractivity contribution in [3.63, 3.8) is 0 Å². The highest BCUT2D eigenvalue weighted by molar-refractivity contribution is 5.86. The number of ether oxygens (including phenoxy) is 1. The minimum Gasteiger partial charge on any atom is -0.490 e. The van der Waals surface area contributed by atoms with Crippen LogP contribution < -0.4 is 15.4 Å². The molecule has 0 aliphatic heterocycles. The Bertz CT molecular complexity index is 1070. The summed E-state index contributed by atoms with van der Waals surface area (Å²) in [6.45, 7) is 15.3. The molecule has 4 heteroatoms. The average molecular weight is 447 g/mol. The Kier molecular flexibility index (Phi) is 8.04. The molecule has 3 aromatic rings. The summed E-state index contributed by atoms with van der Waals surface area (Å²) in [6.07, 6.45) is 0. The van der Waals surface area contributed by atoms with Gasteiger partial charge in [0.2, 0.25) is 0 Å². The van der Waals surface area contributed by atoms with Gasteiger partial charge in [-0.15, -0.1) is 0 Å². The zero-order valence-corrected chi connectivity index (χ0v) is 21.0. The third-order valence-corrected chi connectivity index (χ3v) is 5.85. The van der Waals surface area contributed by atoms with Crippen LogP contribution in [0.25, 0.3) is 22.3 Å². The van der Waals surface area contributed by atoms with Gasteiger partial charge in [-0.05, 0) is 106 Å². The van der Waals surface area contributed by atoms with Crippen molar-refractivity contribution >= 4 is 11.4 Å². The summed E-state index contributed by atoms with van der Waals surface area (Å²) in [4.78, 5) is 0. The van der Waals surface area contributed by atoms with E-state index in [1.54, 1.807) is 0 Å². The third-order valence-electron chi connectivity index (χ3n) is 5.85. The van der Waals surface area contributed by atoms with Crippen molar-refractivity contribution in [1.29, 1.82) is 0 Å². The first-order valence-corrected chi connectivity index (χ1v) is 11.8. The van der Waals surface area contributed by atoms with Gasteiger partial charge in [0.05, 0.1) is 6.61 Å². The van der Waals surface area contributed by atoms with Gasteiger partial charge in [0.15, 0.2) is 0 Å². The van der Waals surface area contributed by atoms with Crippen molar-refractivity contribution < 1.29 is 9.84 Å². The van der Waals surface area contributed by atoms with E-state index in [4.69, 9.17) is 4.74 Å².